The van der Waals surface area contributed by atoms with E-state index in [0.717, 1.165) is 25.5 Å². The Morgan fingerprint density at radius 1 is 1.38 bits per heavy atom. The van der Waals surface area contributed by atoms with Crippen molar-refractivity contribution in [2.45, 2.75) is 25.4 Å². The first-order valence-electron chi connectivity index (χ1n) is 5.28. The summed E-state index contributed by atoms with van der Waals surface area (Å²) in [6.07, 6.45) is 1.85. The van der Waals surface area contributed by atoms with E-state index in [1.807, 2.05) is 4.90 Å². The fourth-order valence-corrected chi connectivity index (χ4v) is 2.03. The highest BCUT2D eigenvalue weighted by molar-refractivity contribution is 5.18. The normalized spacial score (nSPS) is 20.9. The van der Waals surface area contributed by atoms with E-state index in [1.54, 1.807) is 6.07 Å². The summed E-state index contributed by atoms with van der Waals surface area (Å²) in [5.74, 6) is -1.66. The van der Waals surface area contributed by atoms with Gasteiger partial charge in [0.1, 0.15) is 0 Å². The molecule has 0 radical (unpaired) electrons. The van der Waals surface area contributed by atoms with E-state index in [9.17, 15) is 8.78 Å². The van der Waals surface area contributed by atoms with Crippen LogP contribution in [-0.2, 0) is 6.54 Å². The first-order valence-corrected chi connectivity index (χ1v) is 5.28. The van der Waals surface area contributed by atoms with Crippen LogP contribution in [0.4, 0.5) is 8.78 Å². The van der Waals surface area contributed by atoms with Gasteiger partial charge in [-0.1, -0.05) is 6.07 Å². The van der Waals surface area contributed by atoms with Crippen LogP contribution in [0.2, 0.25) is 0 Å². The van der Waals surface area contributed by atoms with Crippen LogP contribution in [0.15, 0.2) is 18.2 Å². The molecule has 0 amide bonds. The maximum Gasteiger partial charge on any atom is 0.159 e. The minimum Gasteiger partial charge on any atom is -0.284 e. The molecule has 4 heteroatoms. The molecule has 1 aliphatic heterocycles. The molecule has 1 aromatic carbocycles. The van der Waals surface area contributed by atoms with Crippen molar-refractivity contribution in [2.24, 2.45) is 0 Å². The Labute approximate surface area is 93.1 Å². The van der Waals surface area contributed by atoms with Gasteiger partial charge in [-0.3, -0.25) is 4.90 Å². The number of likely N-dealkylation sites (tertiary alicyclic amines) is 1. The summed E-state index contributed by atoms with van der Waals surface area (Å²) in [5, 5.41) is 8.89. The fraction of sp³-hybridized carbons (Fsp3) is 0.417. The molecular formula is C12H12F2N2. The second-order valence-electron chi connectivity index (χ2n) is 4.01. The van der Waals surface area contributed by atoms with Gasteiger partial charge in [0.15, 0.2) is 11.6 Å². The molecule has 1 aromatic rings. The third kappa shape index (κ3) is 2.20. The van der Waals surface area contributed by atoms with Gasteiger partial charge in [0, 0.05) is 6.54 Å². The molecule has 0 spiro atoms. The Kier molecular flexibility index (Phi) is 3.16. The van der Waals surface area contributed by atoms with Gasteiger partial charge in [-0.2, -0.15) is 5.26 Å². The fourth-order valence-electron chi connectivity index (χ4n) is 2.03. The highest BCUT2D eigenvalue weighted by atomic mass is 19.2. The van der Waals surface area contributed by atoms with Crippen LogP contribution in [0.5, 0.6) is 0 Å². The van der Waals surface area contributed by atoms with Crippen molar-refractivity contribution < 1.29 is 8.78 Å². The zero-order valence-corrected chi connectivity index (χ0v) is 8.79. The van der Waals surface area contributed by atoms with Gasteiger partial charge in [-0.15, -0.1) is 0 Å². The first-order chi connectivity index (χ1) is 7.70. The number of nitrogens with zero attached hydrogens (tertiary/aromatic N) is 2. The van der Waals surface area contributed by atoms with Gasteiger partial charge in [0.2, 0.25) is 0 Å². The van der Waals surface area contributed by atoms with Crippen LogP contribution in [0, 0.1) is 23.0 Å². The number of nitriles is 1. The zero-order chi connectivity index (χ0) is 11.5. The topological polar surface area (TPSA) is 27.0 Å². The molecule has 84 valence electrons. The molecular weight excluding hydrogens is 210 g/mol. The molecule has 0 bridgehead atoms. The Bertz CT molecular complexity index is 426. The van der Waals surface area contributed by atoms with Crippen molar-refractivity contribution in [2.75, 3.05) is 6.54 Å². The lowest BCUT2D eigenvalue weighted by molar-refractivity contribution is 0.286. The lowest BCUT2D eigenvalue weighted by Crippen LogP contribution is -2.27. The third-order valence-corrected chi connectivity index (χ3v) is 2.88. The average Bonchev–Trinajstić information content (AvgIpc) is 2.71. The predicted molar refractivity (Wildman–Crippen MR) is 55.4 cm³/mol. The second-order valence-corrected chi connectivity index (χ2v) is 4.01. The molecule has 1 heterocycles. The molecule has 0 aliphatic carbocycles. The standard InChI is InChI=1S/C12H12F2N2/c13-11-4-3-9(6-12(11)14)8-16-5-1-2-10(16)7-15/h3-4,6,10H,1-2,5,8H2. The molecule has 1 atom stereocenters. The molecule has 0 aromatic heterocycles. The Morgan fingerprint density at radius 3 is 2.88 bits per heavy atom. The van der Waals surface area contributed by atoms with Crippen molar-refractivity contribution in [1.82, 2.24) is 4.90 Å². The van der Waals surface area contributed by atoms with Gasteiger partial charge in [-0.05, 0) is 37.1 Å². The summed E-state index contributed by atoms with van der Waals surface area (Å²) in [5.41, 5.74) is 0.709. The van der Waals surface area contributed by atoms with Crippen LogP contribution < -0.4 is 0 Å². The Morgan fingerprint density at radius 2 is 2.19 bits per heavy atom. The average molecular weight is 222 g/mol. The minimum atomic E-state index is -0.831. The second kappa shape index (κ2) is 4.58. The SMILES string of the molecule is N#CC1CCCN1Cc1ccc(F)c(F)c1. The van der Waals surface area contributed by atoms with Crippen LogP contribution in [0.1, 0.15) is 18.4 Å². The summed E-state index contributed by atoms with van der Waals surface area (Å²) in [4.78, 5) is 1.99. The number of hydrogen-bond donors (Lipinski definition) is 0. The van der Waals surface area contributed by atoms with Crippen molar-refractivity contribution in [3.63, 3.8) is 0 Å². The minimum absolute atomic E-state index is 0.0897. The maximum atomic E-state index is 13.0. The van der Waals surface area contributed by atoms with Gasteiger partial charge >= 0.3 is 0 Å². The van der Waals surface area contributed by atoms with Crippen molar-refractivity contribution in [3.05, 3.63) is 35.4 Å². The number of hydrogen-bond acceptors (Lipinski definition) is 2. The van der Waals surface area contributed by atoms with Crippen LogP contribution in [0.25, 0.3) is 0 Å². The van der Waals surface area contributed by atoms with E-state index in [-0.39, 0.29) is 6.04 Å². The Balaban J connectivity index is 2.09. The zero-order valence-electron chi connectivity index (χ0n) is 8.79. The molecule has 1 unspecified atom stereocenters. The van der Waals surface area contributed by atoms with E-state index in [4.69, 9.17) is 5.26 Å². The van der Waals surface area contributed by atoms with Crippen molar-refractivity contribution >= 4 is 0 Å². The molecule has 0 saturated carbocycles. The number of halogens is 2. The smallest absolute Gasteiger partial charge is 0.159 e. The largest absolute Gasteiger partial charge is 0.284 e. The molecule has 16 heavy (non-hydrogen) atoms. The Hall–Kier alpha value is -1.47. The van der Waals surface area contributed by atoms with Crippen LogP contribution in [0.3, 0.4) is 0 Å². The highest BCUT2D eigenvalue weighted by Gasteiger charge is 2.24. The lowest BCUT2D eigenvalue weighted by atomic mass is 10.2. The van der Waals surface area contributed by atoms with E-state index < -0.39 is 11.6 Å². The molecule has 0 N–H and O–H groups in total. The molecule has 1 saturated heterocycles. The lowest BCUT2D eigenvalue weighted by Gasteiger charge is -2.18. The van der Waals surface area contributed by atoms with Gasteiger partial charge < -0.3 is 0 Å². The summed E-state index contributed by atoms with van der Waals surface area (Å²) >= 11 is 0. The predicted octanol–water partition coefficient (Wildman–Crippen LogP) is 2.45. The van der Waals surface area contributed by atoms with E-state index in [0.29, 0.717) is 12.1 Å². The summed E-state index contributed by atoms with van der Waals surface area (Å²) < 4.78 is 25.7. The molecule has 2 rings (SSSR count). The third-order valence-electron chi connectivity index (χ3n) is 2.88. The number of rotatable bonds is 2. The summed E-state index contributed by atoms with van der Waals surface area (Å²) in [6, 6.07) is 6.01. The quantitative estimate of drug-likeness (QED) is 0.768. The van der Waals surface area contributed by atoms with Crippen molar-refractivity contribution in [3.8, 4) is 6.07 Å². The summed E-state index contributed by atoms with van der Waals surface area (Å²) in [6.45, 7) is 1.35. The maximum absolute atomic E-state index is 13.0. The molecule has 1 fully saturated rings. The van der Waals surface area contributed by atoms with Gasteiger partial charge in [-0.25, -0.2) is 8.78 Å². The summed E-state index contributed by atoms with van der Waals surface area (Å²) in [7, 11) is 0. The molecule has 2 nitrogen and oxygen atoms in total. The monoisotopic (exact) mass is 222 g/mol. The highest BCUT2D eigenvalue weighted by Crippen LogP contribution is 2.20. The van der Waals surface area contributed by atoms with Crippen LogP contribution >= 0.6 is 0 Å². The first kappa shape index (κ1) is 11.0. The van der Waals surface area contributed by atoms with Gasteiger partial charge in [0.05, 0.1) is 12.1 Å². The number of benzene rings is 1. The molecule has 1 aliphatic rings. The van der Waals surface area contributed by atoms with E-state index >= 15 is 0 Å². The van der Waals surface area contributed by atoms with Crippen molar-refractivity contribution in [1.29, 1.82) is 5.26 Å². The van der Waals surface area contributed by atoms with Crippen LogP contribution in [-0.4, -0.2) is 17.5 Å². The van der Waals surface area contributed by atoms with Gasteiger partial charge in [0.25, 0.3) is 0 Å². The van der Waals surface area contributed by atoms with E-state index in [1.165, 1.54) is 6.07 Å². The van der Waals surface area contributed by atoms with E-state index in [2.05, 4.69) is 6.07 Å².